The number of rotatable bonds is 5. The molecule has 1 aromatic carbocycles. The second-order valence-electron chi connectivity index (χ2n) is 5.13. The largest absolute Gasteiger partial charge is 0.489 e. The van der Waals surface area contributed by atoms with Crippen molar-refractivity contribution in [2.75, 3.05) is 25.0 Å². The predicted octanol–water partition coefficient (Wildman–Crippen LogP) is 3.11. The van der Waals surface area contributed by atoms with Gasteiger partial charge in [-0.05, 0) is 32.9 Å². The molecule has 0 aliphatic carbocycles. The molecule has 0 atom stereocenters. The Bertz CT molecular complexity index is 390. The summed E-state index contributed by atoms with van der Waals surface area (Å²) in [4.78, 5) is 2.49. The molecule has 1 aliphatic heterocycles. The van der Waals surface area contributed by atoms with Crippen LogP contribution in [0.4, 0.5) is 5.69 Å². The van der Waals surface area contributed by atoms with Crippen LogP contribution in [0.15, 0.2) is 18.2 Å². The Balaban J connectivity index is 2.17. The number of nitrogens with one attached hydrogen (secondary N) is 1. The monoisotopic (exact) mass is 248 g/mol. The van der Waals surface area contributed by atoms with E-state index in [0.717, 1.165) is 37.7 Å². The summed E-state index contributed by atoms with van der Waals surface area (Å²) in [5, 5.41) is 3.39. The number of ether oxygens (including phenoxy) is 1. The molecule has 100 valence electrons. The van der Waals surface area contributed by atoms with E-state index in [1.54, 1.807) is 0 Å². The molecule has 1 N–H and O–H groups in total. The molecule has 0 unspecified atom stereocenters. The molecule has 0 amide bonds. The highest BCUT2D eigenvalue weighted by Gasteiger charge is 2.17. The minimum absolute atomic E-state index is 0.567. The van der Waals surface area contributed by atoms with Gasteiger partial charge in [-0.2, -0.15) is 0 Å². The van der Waals surface area contributed by atoms with Crippen LogP contribution in [0.1, 0.15) is 32.8 Å². The SMILES string of the molecule is CCCN(Cc1cccc2c1OCCN2)C(C)C. The van der Waals surface area contributed by atoms with Gasteiger partial charge in [0.25, 0.3) is 0 Å². The molecular weight excluding hydrogens is 224 g/mol. The van der Waals surface area contributed by atoms with Crippen molar-refractivity contribution < 1.29 is 4.74 Å². The summed E-state index contributed by atoms with van der Waals surface area (Å²) in [6.45, 7) is 10.5. The lowest BCUT2D eigenvalue weighted by Gasteiger charge is -2.28. The second-order valence-corrected chi connectivity index (χ2v) is 5.13. The van der Waals surface area contributed by atoms with Crippen LogP contribution in [0.2, 0.25) is 0 Å². The fourth-order valence-corrected chi connectivity index (χ4v) is 2.38. The van der Waals surface area contributed by atoms with Gasteiger partial charge in [-0.1, -0.05) is 19.1 Å². The molecule has 3 nitrogen and oxygen atoms in total. The minimum Gasteiger partial charge on any atom is -0.489 e. The first-order valence-corrected chi connectivity index (χ1v) is 6.95. The third-order valence-corrected chi connectivity index (χ3v) is 3.38. The van der Waals surface area contributed by atoms with E-state index in [9.17, 15) is 0 Å². The van der Waals surface area contributed by atoms with Crippen LogP contribution in [0.5, 0.6) is 5.75 Å². The molecule has 1 heterocycles. The molecule has 0 saturated heterocycles. The molecule has 3 heteroatoms. The number of nitrogens with zero attached hydrogens (tertiary/aromatic N) is 1. The van der Waals surface area contributed by atoms with Gasteiger partial charge in [0.05, 0.1) is 5.69 Å². The summed E-state index contributed by atoms with van der Waals surface area (Å²) in [6, 6.07) is 6.95. The zero-order chi connectivity index (χ0) is 13.0. The van der Waals surface area contributed by atoms with E-state index in [2.05, 4.69) is 49.2 Å². The minimum atomic E-state index is 0.567. The highest BCUT2D eigenvalue weighted by Crippen LogP contribution is 2.32. The maximum absolute atomic E-state index is 5.82. The first kappa shape index (κ1) is 13.2. The van der Waals surface area contributed by atoms with Gasteiger partial charge < -0.3 is 10.1 Å². The second kappa shape index (κ2) is 6.10. The normalized spacial score (nSPS) is 14.3. The number of hydrogen-bond donors (Lipinski definition) is 1. The van der Waals surface area contributed by atoms with E-state index < -0.39 is 0 Å². The summed E-state index contributed by atoms with van der Waals surface area (Å²) >= 11 is 0. The summed E-state index contributed by atoms with van der Waals surface area (Å²) in [7, 11) is 0. The molecule has 0 aromatic heterocycles. The highest BCUT2D eigenvalue weighted by atomic mass is 16.5. The van der Waals surface area contributed by atoms with Crippen LogP contribution < -0.4 is 10.1 Å². The Morgan fingerprint density at radius 3 is 2.94 bits per heavy atom. The highest BCUT2D eigenvalue weighted by molar-refractivity contribution is 5.61. The van der Waals surface area contributed by atoms with Crippen molar-refractivity contribution in [3.63, 3.8) is 0 Å². The van der Waals surface area contributed by atoms with Crippen molar-refractivity contribution in [1.29, 1.82) is 0 Å². The standard InChI is InChI=1S/C15H24N2O/c1-4-9-17(12(2)3)11-13-6-5-7-14-15(13)18-10-8-16-14/h5-7,12,16H,4,8-11H2,1-3H3. The number of hydrogen-bond acceptors (Lipinski definition) is 3. The zero-order valence-electron chi connectivity index (χ0n) is 11.7. The third-order valence-electron chi connectivity index (χ3n) is 3.38. The molecule has 0 radical (unpaired) electrons. The molecule has 0 saturated carbocycles. The van der Waals surface area contributed by atoms with E-state index in [1.807, 2.05) is 0 Å². The van der Waals surface area contributed by atoms with E-state index in [0.29, 0.717) is 6.04 Å². The molecular formula is C15H24N2O. The van der Waals surface area contributed by atoms with Gasteiger partial charge in [-0.15, -0.1) is 0 Å². The van der Waals surface area contributed by atoms with Crippen LogP contribution in [0, 0.1) is 0 Å². The number of anilines is 1. The zero-order valence-corrected chi connectivity index (χ0v) is 11.7. The number of para-hydroxylation sites is 1. The quantitative estimate of drug-likeness (QED) is 0.866. The topological polar surface area (TPSA) is 24.5 Å². The van der Waals surface area contributed by atoms with Gasteiger partial charge in [0.1, 0.15) is 12.4 Å². The summed E-state index contributed by atoms with van der Waals surface area (Å²) in [5.41, 5.74) is 2.43. The maximum Gasteiger partial charge on any atom is 0.146 e. The average Bonchev–Trinajstić information content (AvgIpc) is 2.38. The van der Waals surface area contributed by atoms with Crippen molar-refractivity contribution in [3.8, 4) is 5.75 Å². The van der Waals surface area contributed by atoms with E-state index in [4.69, 9.17) is 4.74 Å². The Kier molecular flexibility index (Phi) is 4.48. The lowest BCUT2D eigenvalue weighted by molar-refractivity contribution is 0.208. The summed E-state index contributed by atoms with van der Waals surface area (Å²) < 4.78 is 5.82. The molecule has 0 spiro atoms. The van der Waals surface area contributed by atoms with Crippen molar-refractivity contribution >= 4 is 5.69 Å². The van der Waals surface area contributed by atoms with Gasteiger partial charge in [0.2, 0.25) is 0 Å². The van der Waals surface area contributed by atoms with E-state index >= 15 is 0 Å². The van der Waals surface area contributed by atoms with Gasteiger partial charge >= 0.3 is 0 Å². The average molecular weight is 248 g/mol. The van der Waals surface area contributed by atoms with Crippen molar-refractivity contribution in [2.45, 2.75) is 39.8 Å². The Morgan fingerprint density at radius 2 is 2.22 bits per heavy atom. The van der Waals surface area contributed by atoms with Crippen LogP contribution >= 0.6 is 0 Å². The van der Waals surface area contributed by atoms with E-state index in [1.165, 1.54) is 12.0 Å². The lowest BCUT2D eigenvalue weighted by atomic mass is 10.1. The third kappa shape index (κ3) is 2.96. The van der Waals surface area contributed by atoms with Gasteiger partial charge in [0, 0.05) is 24.7 Å². The van der Waals surface area contributed by atoms with E-state index in [-0.39, 0.29) is 0 Å². The Labute approximate surface area is 110 Å². The molecule has 0 bridgehead atoms. The Morgan fingerprint density at radius 1 is 1.39 bits per heavy atom. The molecule has 0 fully saturated rings. The fraction of sp³-hybridized carbons (Fsp3) is 0.600. The van der Waals surface area contributed by atoms with Crippen LogP contribution in [-0.2, 0) is 6.54 Å². The first-order valence-electron chi connectivity index (χ1n) is 6.95. The van der Waals surface area contributed by atoms with Crippen molar-refractivity contribution in [1.82, 2.24) is 4.90 Å². The van der Waals surface area contributed by atoms with Crippen LogP contribution in [0.3, 0.4) is 0 Å². The maximum atomic E-state index is 5.82. The van der Waals surface area contributed by atoms with Crippen molar-refractivity contribution in [2.24, 2.45) is 0 Å². The van der Waals surface area contributed by atoms with Crippen molar-refractivity contribution in [3.05, 3.63) is 23.8 Å². The molecule has 2 rings (SSSR count). The summed E-state index contributed by atoms with van der Waals surface area (Å²) in [6.07, 6.45) is 1.19. The van der Waals surface area contributed by atoms with Crippen LogP contribution in [-0.4, -0.2) is 30.6 Å². The summed E-state index contributed by atoms with van der Waals surface area (Å²) in [5.74, 6) is 1.05. The van der Waals surface area contributed by atoms with Gasteiger partial charge in [-0.3, -0.25) is 4.90 Å². The first-order chi connectivity index (χ1) is 8.72. The number of benzene rings is 1. The molecule has 18 heavy (non-hydrogen) atoms. The fourth-order valence-electron chi connectivity index (χ4n) is 2.38. The van der Waals surface area contributed by atoms with Gasteiger partial charge in [0.15, 0.2) is 0 Å². The Hall–Kier alpha value is -1.22. The smallest absolute Gasteiger partial charge is 0.146 e. The number of fused-ring (bicyclic) bond motifs is 1. The lowest BCUT2D eigenvalue weighted by Crippen LogP contribution is -2.31. The molecule has 1 aliphatic rings. The van der Waals surface area contributed by atoms with Gasteiger partial charge in [-0.25, -0.2) is 0 Å². The van der Waals surface area contributed by atoms with Crippen LogP contribution in [0.25, 0.3) is 0 Å². The predicted molar refractivity (Wildman–Crippen MR) is 76.3 cm³/mol. The molecule has 1 aromatic rings.